The molecule has 0 atom stereocenters. The molecule has 1 aromatic rings. The molecule has 0 bridgehead atoms. The van der Waals surface area contributed by atoms with Crippen LogP contribution in [0.3, 0.4) is 0 Å². The molecular formula is C10H15N3O2. The Hall–Kier alpha value is -1.62. The van der Waals surface area contributed by atoms with Crippen LogP contribution >= 0.6 is 0 Å². The molecule has 0 amide bonds. The minimum Gasteiger partial charge on any atom is -0.383 e. The third-order valence-electron chi connectivity index (χ3n) is 2.12. The Bertz CT molecular complexity index is 353. The van der Waals surface area contributed by atoms with Crippen LogP contribution in [0.25, 0.3) is 0 Å². The van der Waals surface area contributed by atoms with Gasteiger partial charge in [-0.1, -0.05) is 6.07 Å². The van der Waals surface area contributed by atoms with E-state index in [2.05, 4.69) is 10.6 Å². The van der Waals surface area contributed by atoms with Crippen molar-refractivity contribution in [1.82, 2.24) is 5.32 Å². The fraction of sp³-hybridized carbons (Fsp3) is 0.400. The lowest BCUT2D eigenvalue weighted by atomic mass is 10.2. The third kappa shape index (κ3) is 3.21. The van der Waals surface area contributed by atoms with Crippen LogP contribution in [-0.2, 0) is 0 Å². The zero-order chi connectivity index (χ0) is 11.3. The molecule has 0 fully saturated rings. The van der Waals surface area contributed by atoms with Crippen molar-refractivity contribution in [2.75, 3.05) is 25.5 Å². The van der Waals surface area contributed by atoms with Gasteiger partial charge < -0.3 is 10.6 Å². The largest absolute Gasteiger partial charge is 0.383 e. The highest BCUT2D eigenvalue weighted by Crippen LogP contribution is 2.21. The van der Waals surface area contributed by atoms with Crippen LogP contribution in [0.1, 0.15) is 5.56 Å². The van der Waals surface area contributed by atoms with Gasteiger partial charge in [-0.25, -0.2) is 0 Å². The van der Waals surface area contributed by atoms with Crippen LogP contribution in [0.4, 0.5) is 11.4 Å². The number of nitrogens with one attached hydrogen (secondary N) is 2. The molecule has 82 valence electrons. The zero-order valence-electron chi connectivity index (χ0n) is 8.91. The van der Waals surface area contributed by atoms with Crippen molar-refractivity contribution in [3.8, 4) is 0 Å². The van der Waals surface area contributed by atoms with Crippen molar-refractivity contribution in [3.05, 3.63) is 33.9 Å². The Morgan fingerprint density at radius 2 is 2.13 bits per heavy atom. The van der Waals surface area contributed by atoms with Crippen molar-refractivity contribution in [2.45, 2.75) is 6.92 Å². The number of likely N-dealkylation sites (N-methyl/N-ethyl adjacent to an activating group) is 1. The number of hydrogen-bond donors (Lipinski definition) is 2. The molecule has 15 heavy (non-hydrogen) atoms. The van der Waals surface area contributed by atoms with Gasteiger partial charge in [-0.05, 0) is 19.5 Å². The van der Waals surface area contributed by atoms with Gasteiger partial charge >= 0.3 is 0 Å². The maximum atomic E-state index is 10.6. The lowest BCUT2D eigenvalue weighted by molar-refractivity contribution is -0.384. The summed E-state index contributed by atoms with van der Waals surface area (Å²) in [6.45, 7) is 3.49. The number of non-ortho nitro benzene ring substituents is 1. The molecule has 0 aliphatic rings. The number of hydrogen-bond acceptors (Lipinski definition) is 4. The molecule has 0 aliphatic carbocycles. The van der Waals surface area contributed by atoms with Crippen molar-refractivity contribution in [3.63, 3.8) is 0 Å². The second-order valence-electron chi connectivity index (χ2n) is 3.29. The topological polar surface area (TPSA) is 67.2 Å². The Balaban J connectivity index is 2.76. The fourth-order valence-corrected chi connectivity index (χ4v) is 1.24. The van der Waals surface area contributed by atoms with Crippen molar-refractivity contribution >= 4 is 11.4 Å². The van der Waals surface area contributed by atoms with Gasteiger partial charge in [-0.2, -0.15) is 0 Å². The van der Waals surface area contributed by atoms with Crippen molar-refractivity contribution in [2.24, 2.45) is 0 Å². The normalized spacial score (nSPS) is 10.0. The van der Waals surface area contributed by atoms with Gasteiger partial charge in [0.1, 0.15) is 0 Å². The van der Waals surface area contributed by atoms with Gasteiger partial charge in [0, 0.05) is 30.9 Å². The lowest BCUT2D eigenvalue weighted by Crippen LogP contribution is -2.18. The van der Waals surface area contributed by atoms with Gasteiger partial charge in [0.15, 0.2) is 0 Å². The molecule has 1 rings (SSSR count). The number of nitro groups is 1. The molecule has 0 saturated carbocycles. The number of nitro benzene ring substituents is 1. The van der Waals surface area contributed by atoms with E-state index in [0.29, 0.717) is 0 Å². The third-order valence-corrected chi connectivity index (χ3v) is 2.12. The zero-order valence-corrected chi connectivity index (χ0v) is 8.91. The van der Waals surface area contributed by atoms with Crippen LogP contribution in [0.5, 0.6) is 0 Å². The molecule has 0 aliphatic heterocycles. The number of anilines is 1. The minimum absolute atomic E-state index is 0.118. The SMILES string of the molecule is CNCCNc1cc([N+](=O)[O-])ccc1C. The number of rotatable bonds is 5. The highest BCUT2D eigenvalue weighted by molar-refractivity contribution is 5.56. The van der Waals surface area contributed by atoms with Crippen LogP contribution in [0.2, 0.25) is 0 Å². The average Bonchev–Trinajstić information content (AvgIpc) is 2.20. The van der Waals surface area contributed by atoms with Gasteiger partial charge in [0.2, 0.25) is 0 Å². The maximum absolute atomic E-state index is 10.6. The van der Waals surface area contributed by atoms with Gasteiger partial charge in [0.25, 0.3) is 5.69 Å². The molecular weight excluding hydrogens is 194 g/mol. The Kier molecular flexibility index (Phi) is 4.05. The van der Waals surface area contributed by atoms with E-state index < -0.39 is 0 Å². The quantitative estimate of drug-likeness (QED) is 0.438. The summed E-state index contributed by atoms with van der Waals surface area (Å²) in [5, 5.41) is 16.7. The van der Waals surface area contributed by atoms with E-state index in [0.717, 1.165) is 24.3 Å². The molecule has 5 heteroatoms. The summed E-state index contributed by atoms with van der Waals surface area (Å²) >= 11 is 0. The molecule has 0 radical (unpaired) electrons. The van der Waals surface area contributed by atoms with E-state index in [1.54, 1.807) is 12.1 Å². The van der Waals surface area contributed by atoms with E-state index in [4.69, 9.17) is 0 Å². The second kappa shape index (κ2) is 5.31. The first-order valence-electron chi connectivity index (χ1n) is 4.78. The highest BCUT2D eigenvalue weighted by Gasteiger charge is 2.07. The maximum Gasteiger partial charge on any atom is 0.271 e. The second-order valence-corrected chi connectivity index (χ2v) is 3.29. The van der Waals surface area contributed by atoms with E-state index in [-0.39, 0.29) is 10.6 Å². The monoisotopic (exact) mass is 209 g/mol. The highest BCUT2D eigenvalue weighted by atomic mass is 16.6. The summed E-state index contributed by atoms with van der Waals surface area (Å²) in [5.41, 5.74) is 1.95. The number of aryl methyl sites for hydroxylation is 1. The van der Waals surface area contributed by atoms with Crippen LogP contribution in [0, 0.1) is 17.0 Å². The van der Waals surface area contributed by atoms with Gasteiger partial charge in [-0.15, -0.1) is 0 Å². The van der Waals surface area contributed by atoms with Gasteiger partial charge in [-0.3, -0.25) is 10.1 Å². The Labute approximate surface area is 88.6 Å². The first-order chi connectivity index (χ1) is 7.15. The summed E-state index contributed by atoms with van der Waals surface area (Å²) in [5.74, 6) is 0. The minimum atomic E-state index is -0.386. The lowest BCUT2D eigenvalue weighted by Gasteiger charge is -2.08. The molecule has 0 heterocycles. The first-order valence-corrected chi connectivity index (χ1v) is 4.78. The molecule has 0 spiro atoms. The smallest absolute Gasteiger partial charge is 0.271 e. The average molecular weight is 209 g/mol. The van der Waals surface area contributed by atoms with E-state index in [9.17, 15) is 10.1 Å². The van der Waals surface area contributed by atoms with Crippen molar-refractivity contribution < 1.29 is 4.92 Å². The van der Waals surface area contributed by atoms with Crippen LogP contribution in [-0.4, -0.2) is 25.1 Å². The molecule has 2 N–H and O–H groups in total. The molecule has 0 saturated heterocycles. The van der Waals surface area contributed by atoms with Crippen LogP contribution in [0.15, 0.2) is 18.2 Å². The van der Waals surface area contributed by atoms with Crippen LogP contribution < -0.4 is 10.6 Å². The van der Waals surface area contributed by atoms with Gasteiger partial charge in [0.05, 0.1) is 4.92 Å². The summed E-state index contributed by atoms with van der Waals surface area (Å²) in [6, 6.07) is 4.82. The molecule has 5 nitrogen and oxygen atoms in total. The predicted molar refractivity (Wildman–Crippen MR) is 60.2 cm³/mol. The number of benzene rings is 1. The summed E-state index contributed by atoms with van der Waals surface area (Å²) in [7, 11) is 1.86. The number of nitrogens with zero attached hydrogens (tertiary/aromatic N) is 1. The van der Waals surface area contributed by atoms with E-state index >= 15 is 0 Å². The summed E-state index contributed by atoms with van der Waals surface area (Å²) in [6.07, 6.45) is 0. The molecule has 0 aromatic heterocycles. The predicted octanol–water partition coefficient (Wildman–Crippen LogP) is 1.53. The fourth-order valence-electron chi connectivity index (χ4n) is 1.24. The Morgan fingerprint density at radius 3 is 2.73 bits per heavy atom. The summed E-state index contributed by atoms with van der Waals surface area (Å²) in [4.78, 5) is 10.2. The standard InChI is InChI=1S/C10H15N3O2/c1-8-3-4-9(13(14)15)7-10(8)12-6-5-11-2/h3-4,7,11-12H,5-6H2,1-2H3. The molecule has 1 aromatic carbocycles. The van der Waals surface area contributed by atoms with Crippen molar-refractivity contribution in [1.29, 1.82) is 0 Å². The first kappa shape index (κ1) is 11.5. The summed E-state index contributed by atoms with van der Waals surface area (Å²) < 4.78 is 0. The Morgan fingerprint density at radius 1 is 1.40 bits per heavy atom. The van der Waals surface area contributed by atoms with E-state index in [1.807, 2.05) is 14.0 Å². The molecule has 0 unspecified atom stereocenters. The van der Waals surface area contributed by atoms with E-state index in [1.165, 1.54) is 6.07 Å².